The van der Waals surface area contributed by atoms with E-state index in [1.807, 2.05) is 30.0 Å². The van der Waals surface area contributed by atoms with Gasteiger partial charge in [-0.25, -0.2) is 9.78 Å². The van der Waals surface area contributed by atoms with Gasteiger partial charge in [-0.2, -0.15) is 0 Å². The summed E-state index contributed by atoms with van der Waals surface area (Å²) >= 11 is 7.89. The number of aromatic nitrogens is 2. The molecule has 2 aromatic carbocycles. The number of nitrogens with one attached hydrogen (secondary N) is 1. The molecule has 31 heavy (non-hydrogen) atoms. The summed E-state index contributed by atoms with van der Waals surface area (Å²) in [5.41, 5.74) is 4.46. The molecule has 1 fully saturated rings. The monoisotopic (exact) mass is 453 g/mol. The van der Waals surface area contributed by atoms with E-state index in [1.54, 1.807) is 11.3 Å². The Morgan fingerprint density at radius 3 is 2.65 bits per heavy atom. The van der Waals surface area contributed by atoms with Crippen molar-refractivity contribution in [1.29, 1.82) is 0 Å². The highest BCUT2D eigenvalue weighted by atomic mass is 35.5. The molecule has 0 bridgehead atoms. The summed E-state index contributed by atoms with van der Waals surface area (Å²) in [6.45, 7) is 6.52. The van der Waals surface area contributed by atoms with Crippen molar-refractivity contribution >= 4 is 44.1 Å². The summed E-state index contributed by atoms with van der Waals surface area (Å²) in [6.07, 6.45) is 0. The Labute approximate surface area is 190 Å². The number of hydrogen-bond acceptors (Lipinski definition) is 4. The second kappa shape index (κ2) is 8.49. The van der Waals surface area contributed by atoms with Crippen LogP contribution in [0.25, 0.3) is 26.4 Å². The largest absolute Gasteiger partial charge is 0.338 e. The van der Waals surface area contributed by atoms with Crippen LogP contribution in [0.5, 0.6) is 0 Å². The van der Waals surface area contributed by atoms with Gasteiger partial charge in [0.05, 0.1) is 21.6 Å². The van der Waals surface area contributed by atoms with Crippen molar-refractivity contribution < 1.29 is 4.79 Å². The van der Waals surface area contributed by atoms with Crippen molar-refractivity contribution in [3.8, 4) is 11.3 Å². The predicted octanol–water partition coefficient (Wildman–Crippen LogP) is 4.72. The number of carbonyl (C=O) groups excluding carboxylic acids is 1. The second-order valence-corrected chi connectivity index (χ2v) is 9.15. The van der Waals surface area contributed by atoms with E-state index in [9.17, 15) is 4.79 Å². The van der Waals surface area contributed by atoms with Crippen LogP contribution < -0.4 is 5.32 Å². The van der Waals surface area contributed by atoms with E-state index in [0.717, 1.165) is 64.2 Å². The molecule has 2 aromatic heterocycles. The number of nitrogens with zero attached hydrogens (tertiary/aromatic N) is 4. The highest BCUT2D eigenvalue weighted by Crippen LogP contribution is 2.34. The van der Waals surface area contributed by atoms with Crippen LogP contribution in [0.15, 0.2) is 48.5 Å². The van der Waals surface area contributed by atoms with Gasteiger partial charge in [-0.15, -0.1) is 0 Å². The third-order valence-electron chi connectivity index (χ3n) is 5.71. The molecule has 3 heterocycles. The first-order valence-corrected chi connectivity index (χ1v) is 11.7. The Morgan fingerprint density at radius 2 is 1.90 bits per heavy atom. The maximum absolute atomic E-state index is 12.1. The maximum Gasteiger partial charge on any atom is 0.317 e. The molecule has 4 aromatic rings. The van der Waals surface area contributed by atoms with Crippen LogP contribution in [0.3, 0.4) is 0 Å². The van der Waals surface area contributed by atoms with E-state index < -0.39 is 0 Å². The molecule has 1 aliphatic rings. The average Bonchev–Trinajstić information content (AvgIpc) is 3.31. The van der Waals surface area contributed by atoms with Gasteiger partial charge in [0.1, 0.15) is 0 Å². The Balaban J connectivity index is 1.50. The zero-order valence-corrected chi connectivity index (χ0v) is 18.9. The molecule has 1 saturated heterocycles. The Kier molecular flexibility index (Phi) is 5.56. The molecule has 8 heteroatoms. The third kappa shape index (κ3) is 3.89. The minimum atomic E-state index is 0.0274. The first kappa shape index (κ1) is 20.3. The molecular weight excluding hydrogens is 430 g/mol. The van der Waals surface area contributed by atoms with Crippen molar-refractivity contribution in [2.45, 2.75) is 13.5 Å². The van der Waals surface area contributed by atoms with Gasteiger partial charge in [0.2, 0.25) is 0 Å². The molecule has 6 nitrogen and oxygen atoms in total. The first-order valence-electron chi connectivity index (χ1n) is 10.5. The number of amides is 2. The normalized spacial score (nSPS) is 15.1. The van der Waals surface area contributed by atoms with E-state index in [4.69, 9.17) is 16.6 Å². The zero-order chi connectivity index (χ0) is 21.4. The standard InChI is InChI=1S/C23H24ClN5OS/c1-2-25-22(30)28-12-10-27(11-13-28)15-19-21(16-6-4-3-5-7-16)26-23-29(19)18-9-8-17(24)14-20(18)31-23/h3-9,14H,2,10-13,15H2,1H3,(H,25,30). The van der Waals surface area contributed by atoms with E-state index in [0.29, 0.717) is 6.54 Å². The molecule has 0 unspecified atom stereocenters. The highest BCUT2D eigenvalue weighted by molar-refractivity contribution is 7.23. The predicted molar refractivity (Wildman–Crippen MR) is 127 cm³/mol. The van der Waals surface area contributed by atoms with Crippen LogP contribution in [0, 0.1) is 0 Å². The smallest absolute Gasteiger partial charge is 0.317 e. The van der Waals surface area contributed by atoms with Gasteiger partial charge in [0.25, 0.3) is 0 Å². The number of hydrogen-bond donors (Lipinski definition) is 1. The minimum Gasteiger partial charge on any atom is -0.338 e. The summed E-state index contributed by atoms with van der Waals surface area (Å²) < 4.78 is 3.41. The molecule has 1 aliphatic heterocycles. The van der Waals surface area contributed by atoms with Crippen LogP contribution in [0.4, 0.5) is 4.79 Å². The number of rotatable bonds is 4. The second-order valence-electron chi connectivity index (χ2n) is 7.70. The lowest BCUT2D eigenvalue weighted by Crippen LogP contribution is -2.51. The molecule has 5 rings (SSSR count). The fraction of sp³-hybridized carbons (Fsp3) is 0.304. The molecule has 0 spiro atoms. The first-order chi connectivity index (χ1) is 15.1. The number of urea groups is 1. The Hall–Kier alpha value is -2.61. The summed E-state index contributed by atoms with van der Waals surface area (Å²) in [7, 11) is 0. The Morgan fingerprint density at radius 1 is 1.13 bits per heavy atom. The molecular formula is C23H24ClN5OS. The van der Waals surface area contributed by atoms with E-state index in [-0.39, 0.29) is 6.03 Å². The molecule has 160 valence electrons. The molecule has 0 radical (unpaired) electrons. The van der Waals surface area contributed by atoms with Crippen LogP contribution >= 0.6 is 22.9 Å². The van der Waals surface area contributed by atoms with E-state index >= 15 is 0 Å². The zero-order valence-electron chi connectivity index (χ0n) is 17.3. The molecule has 0 saturated carbocycles. The van der Waals surface area contributed by atoms with Gasteiger partial charge in [-0.05, 0) is 25.1 Å². The van der Waals surface area contributed by atoms with Crippen molar-refractivity contribution in [2.75, 3.05) is 32.7 Å². The summed E-state index contributed by atoms with van der Waals surface area (Å²) in [5.74, 6) is 0. The SMILES string of the molecule is CCNC(=O)N1CCN(Cc2c(-c3ccccc3)nc3sc4cc(Cl)ccc4n23)CC1. The van der Waals surface area contributed by atoms with Crippen molar-refractivity contribution in [1.82, 2.24) is 24.5 Å². The van der Waals surface area contributed by atoms with Gasteiger partial charge in [0, 0.05) is 49.9 Å². The van der Waals surface area contributed by atoms with Gasteiger partial charge >= 0.3 is 6.03 Å². The highest BCUT2D eigenvalue weighted by Gasteiger charge is 2.24. The number of carbonyl (C=O) groups is 1. The van der Waals surface area contributed by atoms with Crippen LogP contribution in [0.2, 0.25) is 5.02 Å². The van der Waals surface area contributed by atoms with Crippen LogP contribution in [-0.4, -0.2) is 57.9 Å². The molecule has 1 N–H and O–H groups in total. The van der Waals surface area contributed by atoms with E-state index in [1.165, 1.54) is 5.69 Å². The lowest BCUT2D eigenvalue weighted by atomic mass is 10.1. The lowest BCUT2D eigenvalue weighted by Gasteiger charge is -2.34. The fourth-order valence-electron chi connectivity index (χ4n) is 4.16. The van der Waals surface area contributed by atoms with Crippen LogP contribution in [-0.2, 0) is 6.54 Å². The number of benzene rings is 2. The topological polar surface area (TPSA) is 52.9 Å². The summed E-state index contributed by atoms with van der Waals surface area (Å²) in [4.78, 5) is 22.4. The summed E-state index contributed by atoms with van der Waals surface area (Å²) in [6, 6.07) is 16.4. The molecule has 2 amide bonds. The van der Waals surface area contributed by atoms with Crippen LogP contribution in [0.1, 0.15) is 12.6 Å². The number of fused-ring (bicyclic) bond motifs is 3. The van der Waals surface area contributed by atoms with Crippen molar-refractivity contribution in [2.24, 2.45) is 0 Å². The molecule has 0 aliphatic carbocycles. The number of piperazine rings is 1. The van der Waals surface area contributed by atoms with Crippen molar-refractivity contribution in [3.05, 3.63) is 59.2 Å². The Bertz CT molecular complexity index is 1230. The third-order valence-corrected chi connectivity index (χ3v) is 6.95. The minimum absolute atomic E-state index is 0.0274. The molecule has 0 atom stereocenters. The van der Waals surface area contributed by atoms with Gasteiger partial charge in [0.15, 0.2) is 4.96 Å². The lowest BCUT2D eigenvalue weighted by molar-refractivity contribution is 0.135. The van der Waals surface area contributed by atoms with Gasteiger partial charge in [-0.3, -0.25) is 9.30 Å². The summed E-state index contributed by atoms with van der Waals surface area (Å²) in [5, 5.41) is 3.64. The number of imidazole rings is 1. The van der Waals surface area contributed by atoms with E-state index in [2.05, 4.69) is 44.9 Å². The maximum atomic E-state index is 12.1. The van der Waals surface area contributed by atoms with Gasteiger partial charge in [-0.1, -0.05) is 53.3 Å². The quantitative estimate of drug-likeness (QED) is 0.486. The fourth-order valence-corrected chi connectivity index (χ4v) is 5.48. The number of halogens is 1. The van der Waals surface area contributed by atoms with Crippen molar-refractivity contribution in [3.63, 3.8) is 0 Å². The average molecular weight is 454 g/mol. The van der Waals surface area contributed by atoms with Gasteiger partial charge < -0.3 is 10.2 Å². The number of thiazole rings is 1.